The van der Waals surface area contributed by atoms with Crippen molar-refractivity contribution in [3.05, 3.63) is 35.9 Å². The molecule has 142 valence electrons. The Balaban J connectivity index is 2.41. The molecule has 2 amide bonds. The second-order valence-corrected chi connectivity index (χ2v) is 7.80. The zero-order valence-electron chi connectivity index (χ0n) is 16.2. The van der Waals surface area contributed by atoms with Crippen molar-refractivity contribution in [3.63, 3.8) is 0 Å². The summed E-state index contributed by atoms with van der Waals surface area (Å²) in [5.41, 5.74) is 0.242. The van der Waals surface area contributed by atoms with Gasteiger partial charge < -0.3 is 14.5 Å². The van der Waals surface area contributed by atoms with Gasteiger partial charge in [-0.1, -0.05) is 39.0 Å². The summed E-state index contributed by atoms with van der Waals surface area (Å²) in [6, 6.07) is 8.71. The van der Waals surface area contributed by atoms with Crippen molar-refractivity contribution in [2.24, 2.45) is 5.41 Å². The molecule has 6 nitrogen and oxygen atoms in total. The van der Waals surface area contributed by atoms with Gasteiger partial charge >= 0.3 is 5.97 Å². The highest BCUT2D eigenvalue weighted by molar-refractivity contribution is 5.96. The highest BCUT2D eigenvalue weighted by atomic mass is 16.5. The van der Waals surface area contributed by atoms with E-state index in [9.17, 15) is 14.4 Å². The van der Waals surface area contributed by atoms with Gasteiger partial charge in [0.2, 0.25) is 5.91 Å². The number of carbonyl (C=O) groups is 3. The molecule has 1 fully saturated rings. The predicted molar refractivity (Wildman–Crippen MR) is 98.3 cm³/mol. The molecule has 0 spiro atoms. The molecule has 1 aromatic carbocycles. The van der Waals surface area contributed by atoms with Crippen LogP contribution in [-0.4, -0.2) is 53.9 Å². The molecule has 1 aliphatic heterocycles. The minimum absolute atomic E-state index is 0.0168. The molecule has 1 saturated heterocycles. The SMILES string of the molecule is COC(=O)CCC1CC(=O)N(C)C(C(C)(C)C)N1C(=O)c1ccccc1. The van der Waals surface area contributed by atoms with Crippen LogP contribution in [0.2, 0.25) is 0 Å². The van der Waals surface area contributed by atoms with E-state index >= 15 is 0 Å². The Kier molecular flexibility index (Phi) is 6.05. The molecule has 1 aromatic rings. The van der Waals surface area contributed by atoms with Gasteiger partial charge in [0.1, 0.15) is 6.17 Å². The zero-order valence-corrected chi connectivity index (χ0v) is 16.2. The van der Waals surface area contributed by atoms with Crippen LogP contribution in [-0.2, 0) is 14.3 Å². The van der Waals surface area contributed by atoms with Gasteiger partial charge in [-0.05, 0) is 18.6 Å². The van der Waals surface area contributed by atoms with Crippen LogP contribution in [0.15, 0.2) is 30.3 Å². The lowest BCUT2D eigenvalue weighted by atomic mass is 9.85. The number of methoxy groups -OCH3 is 1. The van der Waals surface area contributed by atoms with E-state index in [-0.39, 0.29) is 48.2 Å². The minimum Gasteiger partial charge on any atom is -0.469 e. The van der Waals surface area contributed by atoms with Crippen LogP contribution in [0, 0.1) is 5.41 Å². The van der Waals surface area contributed by atoms with E-state index in [0.29, 0.717) is 12.0 Å². The number of amides is 2. The number of ether oxygens (including phenoxy) is 1. The standard InChI is InChI=1S/C20H28N2O4/c1-20(2,3)19-21(4)16(23)13-15(11-12-17(24)26-5)22(19)18(25)14-9-7-6-8-10-14/h6-10,15,19H,11-13H2,1-5H3. The molecule has 0 aromatic heterocycles. The summed E-state index contributed by atoms with van der Waals surface area (Å²) < 4.78 is 4.73. The zero-order chi connectivity index (χ0) is 19.5. The van der Waals surface area contributed by atoms with Crippen molar-refractivity contribution >= 4 is 17.8 Å². The monoisotopic (exact) mass is 360 g/mol. The Bertz CT molecular complexity index is 666. The van der Waals surface area contributed by atoms with Crippen LogP contribution < -0.4 is 0 Å². The summed E-state index contributed by atoms with van der Waals surface area (Å²) in [5.74, 6) is -0.479. The topological polar surface area (TPSA) is 66.9 Å². The summed E-state index contributed by atoms with van der Waals surface area (Å²) in [5, 5.41) is 0. The number of hydrogen-bond donors (Lipinski definition) is 0. The quantitative estimate of drug-likeness (QED) is 0.774. The van der Waals surface area contributed by atoms with Crippen molar-refractivity contribution < 1.29 is 19.1 Å². The molecule has 2 atom stereocenters. The van der Waals surface area contributed by atoms with Crippen LogP contribution >= 0.6 is 0 Å². The van der Waals surface area contributed by atoms with Crippen LogP contribution in [0.5, 0.6) is 0 Å². The van der Waals surface area contributed by atoms with E-state index in [1.165, 1.54) is 7.11 Å². The van der Waals surface area contributed by atoms with Gasteiger partial charge in [-0.25, -0.2) is 0 Å². The molecule has 2 unspecified atom stereocenters. The van der Waals surface area contributed by atoms with E-state index < -0.39 is 0 Å². The van der Waals surface area contributed by atoms with Gasteiger partial charge in [-0.3, -0.25) is 14.4 Å². The highest BCUT2D eigenvalue weighted by Crippen LogP contribution is 2.35. The first-order valence-electron chi connectivity index (χ1n) is 8.87. The van der Waals surface area contributed by atoms with E-state index in [2.05, 4.69) is 0 Å². The van der Waals surface area contributed by atoms with Gasteiger partial charge in [-0.2, -0.15) is 0 Å². The lowest BCUT2D eigenvalue weighted by Crippen LogP contribution is -2.65. The fraction of sp³-hybridized carbons (Fsp3) is 0.550. The molecule has 26 heavy (non-hydrogen) atoms. The van der Waals surface area contributed by atoms with Crippen LogP contribution in [0.3, 0.4) is 0 Å². The van der Waals surface area contributed by atoms with E-state index in [1.54, 1.807) is 29.0 Å². The first-order chi connectivity index (χ1) is 12.2. The molecule has 6 heteroatoms. The van der Waals surface area contributed by atoms with Crippen molar-refractivity contribution in [3.8, 4) is 0 Å². The number of nitrogens with zero attached hydrogens (tertiary/aromatic N) is 2. The molecule has 0 radical (unpaired) electrons. The highest BCUT2D eigenvalue weighted by Gasteiger charge is 2.46. The fourth-order valence-electron chi connectivity index (χ4n) is 3.60. The average Bonchev–Trinajstić information content (AvgIpc) is 2.60. The lowest BCUT2D eigenvalue weighted by molar-refractivity contribution is -0.152. The maximum Gasteiger partial charge on any atom is 0.305 e. The Morgan fingerprint density at radius 2 is 1.81 bits per heavy atom. The summed E-state index contributed by atoms with van der Waals surface area (Å²) >= 11 is 0. The van der Waals surface area contributed by atoms with Crippen molar-refractivity contribution in [2.75, 3.05) is 14.2 Å². The largest absolute Gasteiger partial charge is 0.469 e. The minimum atomic E-state index is -0.390. The maximum atomic E-state index is 13.3. The van der Waals surface area contributed by atoms with E-state index in [1.807, 2.05) is 39.0 Å². The van der Waals surface area contributed by atoms with Crippen LogP contribution in [0.1, 0.15) is 50.4 Å². The Labute approximate surface area is 155 Å². The first-order valence-corrected chi connectivity index (χ1v) is 8.87. The van der Waals surface area contributed by atoms with Crippen molar-refractivity contribution in [2.45, 2.75) is 52.2 Å². The number of benzene rings is 1. The molecule has 0 aliphatic carbocycles. The molecule has 0 saturated carbocycles. The molecule has 1 heterocycles. The maximum absolute atomic E-state index is 13.3. The summed E-state index contributed by atoms with van der Waals surface area (Å²) in [4.78, 5) is 40.9. The predicted octanol–water partition coefficient (Wildman–Crippen LogP) is 2.68. The summed E-state index contributed by atoms with van der Waals surface area (Å²) in [6.45, 7) is 6.03. The number of carbonyl (C=O) groups excluding carboxylic acids is 3. The second kappa shape index (κ2) is 7.89. The van der Waals surface area contributed by atoms with Gasteiger partial charge in [0.15, 0.2) is 0 Å². The lowest BCUT2D eigenvalue weighted by Gasteiger charge is -2.52. The fourth-order valence-corrected chi connectivity index (χ4v) is 3.60. The smallest absolute Gasteiger partial charge is 0.305 e. The molecule has 1 aliphatic rings. The number of esters is 1. The van der Waals surface area contributed by atoms with Crippen LogP contribution in [0.25, 0.3) is 0 Å². The van der Waals surface area contributed by atoms with Gasteiger partial charge in [-0.15, -0.1) is 0 Å². The average molecular weight is 360 g/mol. The van der Waals surface area contributed by atoms with Crippen molar-refractivity contribution in [1.29, 1.82) is 0 Å². The second-order valence-electron chi connectivity index (χ2n) is 7.80. The van der Waals surface area contributed by atoms with E-state index in [0.717, 1.165) is 0 Å². The molecule has 0 bridgehead atoms. The Morgan fingerprint density at radius 3 is 2.35 bits per heavy atom. The normalized spacial score (nSPS) is 20.9. The van der Waals surface area contributed by atoms with Crippen LogP contribution in [0.4, 0.5) is 0 Å². The molecule has 0 N–H and O–H groups in total. The third kappa shape index (κ3) is 4.23. The Morgan fingerprint density at radius 1 is 1.19 bits per heavy atom. The Hall–Kier alpha value is -2.37. The van der Waals surface area contributed by atoms with Gasteiger partial charge in [0, 0.05) is 36.9 Å². The van der Waals surface area contributed by atoms with Gasteiger partial charge in [0.25, 0.3) is 5.91 Å². The first kappa shape index (κ1) is 19.9. The molecular formula is C20H28N2O4. The van der Waals surface area contributed by atoms with Gasteiger partial charge in [0.05, 0.1) is 7.11 Å². The molecule has 2 rings (SSSR count). The van der Waals surface area contributed by atoms with Crippen molar-refractivity contribution in [1.82, 2.24) is 9.80 Å². The number of hydrogen-bond acceptors (Lipinski definition) is 4. The third-order valence-corrected chi connectivity index (χ3v) is 4.77. The summed E-state index contributed by atoms with van der Waals surface area (Å²) in [6.07, 6.45) is 0.392. The number of rotatable bonds is 4. The van der Waals surface area contributed by atoms with E-state index in [4.69, 9.17) is 4.74 Å². The third-order valence-electron chi connectivity index (χ3n) is 4.77. The molecular weight excluding hydrogens is 332 g/mol. The summed E-state index contributed by atoms with van der Waals surface area (Å²) in [7, 11) is 3.08.